The third-order valence-corrected chi connectivity index (χ3v) is 6.98. The standard InChI is InChI=1S/C21H21F3N4OS/c1-12-8-14(12)20(29)27-6-2-4-13(11-27)15-10-19-25-16(17-5-3-7-30-17)9-18(21(22,23)24)28(19)26-15/h3,5,7,9-10,12-14H,2,4,6,8,11H2,1H3/t12-,13-,14-/m1/s1. The van der Waals surface area contributed by atoms with Crippen molar-refractivity contribution in [3.63, 3.8) is 0 Å². The monoisotopic (exact) mass is 434 g/mol. The van der Waals surface area contributed by atoms with E-state index in [-0.39, 0.29) is 23.4 Å². The minimum Gasteiger partial charge on any atom is -0.342 e. The average molecular weight is 434 g/mol. The van der Waals surface area contributed by atoms with E-state index in [9.17, 15) is 18.0 Å². The van der Waals surface area contributed by atoms with E-state index >= 15 is 0 Å². The van der Waals surface area contributed by atoms with E-state index in [1.807, 2.05) is 10.3 Å². The number of thiophene rings is 1. The van der Waals surface area contributed by atoms with E-state index in [1.54, 1.807) is 18.2 Å². The Balaban J connectivity index is 1.50. The molecule has 0 unspecified atom stereocenters. The van der Waals surface area contributed by atoms with Crippen LogP contribution in [-0.2, 0) is 11.0 Å². The Kier molecular flexibility index (Phi) is 4.61. The molecular weight excluding hydrogens is 413 g/mol. The minimum absolute atomic E-state index is 0.0790. The van der Waals surface area contributed by atoms with E-state index in [1.165, 1.54) is 11.3 Å². The number of carbonyl (C=O) groups is 1. The smallest absolute Gasteiger partial charge is 0.342 e. The molecule has 1 aliphatic heterocycles. The lowest BCUT2D eigenvalue weighted by Crippen LogP contribution is -2.40. The van der Waals surface area contributed by atoms with E-state index in [4.69, 9.17) is 0 Å². The van der Waals surface area contributed by atoms with Crippen LogP contribution in [0.1, 0.15) is 43.5 Å². The molecule has 3 aromatic heterocycles. The molecule has 0 bridgehead atoms. The molecule has 9 heteroatoms. The Hall–Kier alpha value is -2.42. The largest absolute Gasteiger partial charge is 0.433 e. The Morgan fingerprint density at radius 2 is 2.10 bits per heavy atom. The highest BCUT2D eigenvalue weighted by atomic mass is 32.1. The van der Waals surface area contributed by atoms with Gasteiger partial charge in [-0.15, -0.1) is 11.3 Å². The van der Waals surface area contributed by atoms with Gasteiger partial charge < -0.3 is 4.90 Å². The van der Waals surface area contributed by atoms with Crippen molar-refractivity contribution >= 4 is 22.9 Å². The highest BCUT2D eigenvalue weighted by Gasteiger charge is 2.42. The van der Waals surface area contributed by atoms with Gasteiger partial charge in [-0.1, -0.05) is 13.0 Å². The van der Waals surface area contributed by atoms with Gasteiger partial charge in [-0.05, 0) is 42.7 Å². The summed E-state index contributed by atoms with van der Waals surface area (Å²) in [5.41, 5.74) is 0.206. The van der Waals surface area contributed by atoms with E-state index in [0.29, 0.717) is 35.3 Å². The van der Waals surface area contributed by atoms with Crippen molar-refractivity contribution in [3.8, 4) is 10.6 Å². The van der Waals surface area contributed by atoms with Crippen LogP contribution < -0.4 is 0 Å². The van der Waals surface area contributed by atoms with Crippen molar-refractivity contribution in [3.05, 3.63) is 41.0 Å². The Labute approximate surface area is 175 Å². The molecule has 0 radical (unpaired) electrons. The van der Waals surface area contributed by atoms with Crippen molar-refractivity contribution in [2.45, 2.75) is 38.3 Å². The van der Waals surface area contributed by atoms with Crippen LogP contribution in [0.15, 0.2) is 29.6 Å². The van der Waals surface area contributed by atoms with Crippen molar-refractivity contribution in [1.82, 2.24) is 19.5 Å². The predicted octanol–water partition coefficient (Wildman–Crippen LogP) is 4.84. The number of hydrogen-bond donors (Lipinski definition) is 0. The van der Waals surface area contributed by atoms with Crippen molar-refractivity contribution in [1.29, 1.82) is 0 Å². The Morgan fingerprint density at radius 1 is 1.30 bits per heavy atom. The zero-order valence-corrected chi connectivity index (χ0v) is 17.2. The fourth-order valence-corrected chi connectivity index (χ4v) is 4.95. The first-order valence-corrected chi connectivity index (χ1v) is 11.0. The van der Waals surface area contributed by atoms with Crippen LogP contribution in [-0.4, -0.2) is 38.5 Å². The maximum Gasteiger partial charge on any atom is 0.433 e. The molecule has 3 atom stereocenters. The number of rotatable bonds is 3. The number of amides is 1. The van der Waals surface area contributed by atoms with Gasteiger partial charge in [-0.3, -0.25) is 4.79 Å². The van der Waals surface area contributed by atoms with Gasteiger partial charge in [-0.2, -0.15) is 18.3 Å². The molecule has 2 aliphatic rings. The molecule has 0 aromatic carbocycles. The van der Waals surface area contributed by atoms with Crippen LogP contribution in [0.4, 0.5) is 13.2 Å². The normalized spacial score (nSPS) is 24.4. The second-order valence-electron chi connectivity index (χ2n) is 8.28. The van der Waals surface area contributed by atoms with Crippen molar-refractivity contribution in [2.75, 3.05) is 13.1 Å². The van der Waals surface area contributed by atoms with Gasteiger partial charge in [0.15, 0.2) is 11.3 Å². The first kappa shape index (κ1) is 19.5. The van der Waals surface area contributed by atoms with Gasteiger partial charge in [0.25, 0.3) is 0 Å². The molecule has 3 aromatic rings. The second kappa shape index (κ2) is 7.08. The van der Waals surface area contributed by atoms with Crippen LogP contribution in [0.3, 0.4) is 0 Å². The van der Waals surface area contributed by atoms with Crippen LogP contribution in [0.2, 0.25) is 0 Å². The van der Waals surface area contributed by atoms with Gasteiger partial charge in [0.1, 0.15) is 0 Å². The Morgan fingerprint density at radius 3 is 2.77 bits per heavy atom. The van der Waals surface area contributed by atoms with E-state index < -0.39 is 11.9 Å². The molecule has 1 aliphatic carbocycles. The topological polar surface area (TPSA) is 50.5 Å². The van der Waals surface area contributed by atoms with Gasteiger partial charge >= 0.3 is 6.18 Å². The quantitative estimate of drug-likeness (QED) is 0.593. The molecule has 0 N–H and O–H groups in total. The molecule has 1 saturated carbocycles. The Bertz CT molecular complexity index is 1090. The molecule has 30 heavy (non-hydrogen) atoms. The first-order valence-electron chi connectivity index (χ1n) is 10.1. The predicted molar refractivity (Wildman–Crippen MR) is 107 cm³/mol. The number of carbonyl (C=O) groups excluding carboxylic acids is 1. The number of fused-ring (bicyclic) bond motifs is 1. The molecule has 5 nitrogen and oxygen atoms in total. The second-order valence-corrected chi connectivity index (χ2v) is 9.23. The lowest BCUT2D eigenvalue weighted by molar-refractivity contribution is -0.142. The number of halogens is 3. The third-order valence-electron chi connectivity index (χ3n) is 6.09. The number of aromatic nitrogens is 3. The number of likely N-dealkylation sites (tertiary alicyclic amines) is 1. The van der Waals surface area contributed by atoms with Crippen LogP contribution >= 0.6 is 11.3 Å². The summed E-state index contributed by atoms with van der Waals surface area (Å²) in [6.45, 7) is 3.28. The fourth-order valence-electron chi connectivity index (χ4n) is 4.26. The first-order chi connectivity index (χ1) is 14.3. The zero-order chi connectivity index (χ0) is 21.0. The molecule has 1 amide bonds. The number of hydrogen-bond acceptors (Lipinski definition) is 4. The molecule has 158 valence electrons. The summed E-state index contributed by atoms with van der Waals surface area (Å²) in [6.07, 6.45) is -2.00. The van der Waals surface area contributed by atoms with Gasteiger partial charge in [-0.25, -0.2) is 9.50 Å². The highest BCUT2D eigenvalue weighted by molar-refractivity contribution is 7.13. The van der Waals surface area contributed by atoms with Crippen LogP contribution in [0.5, 0.6) is 0 Å². The molecule has 5 rings (SSSR count). The summed E-state index contributed by atoms with van der Waals surface area (Å²) in [5.74, 6) is 0.633. The average Bonchev–Trinajstić information content (AvgIpc) is 3.13. The molecule has 4 heterocycles. The molecule has 2 fully saturated rings. The maximum atomic E-state index is 13.8. The van der Waals surface area contributed by atoms with Crippen LogP contribution in [0, 0.1) is 11.8 Å². The lowest BCUT2D eigenvalue weighted by Gasteiger charge is -2.32. The van der Waals surface area contributed by atoms with Gasteiger partial charge in [0, 0.05) is 31.0 Å². The van der Waals surface area contributed by atoms with Crippen molar-refractivity contribution < 1.29 is 18.0 Å². The number of alkyl halides is 3. The van der Waals surface area contributed by atoms with Crippen LogP contribution in [0.25, 0.3) is 16.2 Å². The summed E-state index contributed by atoms with van der Waals surface area (Å²) in [6, 6.07) is 6.24. The SMILES string of the molecule is C[C@@H]1C[C@H]1C(=O)N1CCC[C@@H](c2cc3nc(-c4cccs4)cc(C(F)(F)F)n3n2)C1. The lowest BCUT2D eigenvalue weighted by atomic mass is 9.94. The summed E-state index contributed by atoms with van der Waals surface area (Å²) in [7, 11) is 0. The van der Waals surface area contributed by atoms with Gasteiger partial charge in [0.05, 0.1) is 16.3 Å². The minimum atomic E-state index is -4.55. The summed E-state index contributed by atoms with van der Waals surface area (Å²) >= 11 is 1.35. The number of piperidine rings is 1. The maximum absolute atomic E-state index is 13.8. The summed E-state index contributed by atoms with van der Waals surface area (Å²) in [5, 5.41) is 6.10. The van der Waals surface area contributed by atoms with Crippen molar-refractivity contribution in [2.24, 2.45) is 11.8 Å². The van der Waals surface area contributed by atoms with E-state index in [2.05, 4.69) is 17.0 Å². The molecular formula is C21H21F3N4OS. The molecule has 1 saturated heterocycles. The molecule has 0 spiro atoms. The summed E-state index contributed by atoms with van der Waals surface area (Å²) in [4.78, 5) is 19.6. The number of nitrogens with zero attached hydrogens (tertiary/aromatic N) is 4. The summed E-state index contributed by atoms with van der Waals surface area (Å²) < 4.78 is 42.2. The van der Waals surface area contributed by atoms with E-state index in [0.717, 1.165) is 29.8 Å². The highest BCUT2D eigenvalue weighted by Crippen LogP contribution is 2.41. The fraction of sp³-hybridized carbons (Fsp3) is 0.476. The van der Waals surface area contributed by atoms with Gasteiger partial charge in [0.2, 0.25) is 5.91 Å². The zero-order valence-electron chi connectivity index (χ0n) is 16.4. The third kappa shape index (κ3) is 3.49.